The van der Waals surface area contributed by atoms with E-state index >= 15 is 0 Å². The summed E-state index contributed by atoms with van der Waals surface area (Å²) >= 11 is 0. The minimum Gasteiger partial charge on any atom is -0.497 e. The summed E-state index contributed by atoms with van der Waals surface area (Å²) in [5, 5.41) is 0. The number of ether oxygens (including phenoxy) is 3. The van der Waals surface area contributed by atoms with Gasteiger partial charge in [0.2, 0.25) is 5.78 Å². The molecule has 4 rings (SSSR count). The number of hydrogen-bond donors (Lipinski definition) is 0. The number of esters is 1. The molecule has 0 atom stereocenters. The Morgan fingerprint density at radius 3 is 2.53 bits per heavy atom. The topological polar surface area (TPSA) is 87.1 Å². The van der Waals surface area contributed by atoms with Crippen molar-refractivity contribution in [3.8, 4) is 11.5 Å². The summed E-state index contributed by atoms with van der Waals surface area (Å²) in [5.41, 5.74) is 4.16. The molecule has 0 spiro atoms. The summed E-state index contributed by atoms with van der Waals surface area (Å²) in [6, 6.07) is 16.9. The number of para-hydroxylation sites is 2. The van der Waals surface area contributed by atoms with E-state index in [1.54, 1.807) is 25.3 Å². The molecule has 2 heterocycles. The van der Waals surface area contributed by atoms with E-state index in [9.17, 15) is 14.4 Å². The number of Topliss-reactive ketones (excluding diaryl/α,β-unsaturated/α-hetero) is 1. The molecule has 2 aromatic carbocycles. The van der Waals surface area contributed by atoms with Gasteiger partial charge in [0.25, 0.3) is 5.91 Å². The van der Waals surface area contributed by atoms with E-state index in [0.717, 1.165) is 30.1 Å². The summed E-state index contributed by atoms with van der Waals surface area (Å²) < 4.78 is 18.0. The van der Waals surface area contributed by atoms with E-state index < -0.39 is 5.97 Å². The number of carbonyl (C=O) groups is 3. The Morgan fingerprint density at radius 2 is 1.78 bits per heavy atom. The minimum absolute atomic E-state index is 0.0196. The lowest BCUT2D eigenvalue weighted by Gasteiger charge is -2.28. The standard InChI is InChI=1S/C28H30N2O6/c1-19-16-23(20(2)29(19)14-12-21-8-10-22(34-3)11-9-21)25(31)17-36-28(33)13-15-30-24-6-4-5-7-26(24)35-18-27(30)32/h4-11,16H,12-15,17-18H2,1-3H3. The van der Waals surface area contributed by atoms with E-state index in [-0.39, 0.29) is 37.9 Å². The van der Waals surface area contributed by atoms with Crippen LogP contribution in [0.4, 0.5) is 5.69 Å². The number of carbonyl (C=O) groups excluding carboxylic acids is 3. The molecule has 3 aromatic rings. The van der Waals surface area contributed by atoms with Gasteiger partial charge < -0.3 is 23.7 Å². The number of ketones is 1. The predicted molar refractivity (Wildman–Crippen MR) is 135 cm³/mol. The summed E-state index contributed by atoms with van der Waals surface area (Å²) in [7, 11) is 1.64. The molecular weight excluding hydrogens is 460 g/mol. The molecule has 1 aromatic heterocycles. The molecular formula is C28H30N2O6. The van der Waals surface area contributed by atoms with Crippen molar-refractivity contribution in [3.63, 3.8) is 0 Å². The van der Waals surface area contributed by atoms with Crippen molar-refractivity contribution in [1.82, 2.24) is 4.57 Å². The lowest BCUT2D eigenvalue weighted by Crippen LogP contribution is -2.40. The number of hydrogen-bond acceptors (Lipinski definition) is 6. The number of anilines is 1. The first-order chi connectivity index (χ1) is 17.4. The fourth-order valence-electron chi connectivity index (χ4n) is 4.36. The normalized spacial score (nSPS) is 12.6. The summed E-state index contributed by atoms with van der Waals surface area (Å²) in [6.07, 6.45) is 0.792. The van der Waals surface area contributed by atoms with E-state index in [1.165, 1.54) is 10.5 Å². The first kappa shape index (κ1) is 25.0. The van der Waals surface area contributed by atoms with E-state index in [4.69, 9.17) is 14.2 Å². The fourth-order valence-corrected chi connectivity index (χ4v) is 4.36. The van der Waals surface area contributed by atoms with Crippen LogP contribution in [0, 0.1) is 13.8 Å². The Balaban J connectivity index is 1.30. The van der Waals surface area contributed by atoms with E-state index in [2.05, 4.69) is 4.57 Å². The molecule has 0 N–H and O–H groups in total. The van der Waals surface area contributed by atoms with Gasteiger partial charge in [-0.05, 0) is 56.2 Å². The van der Waals surface area contributed by atoms with Crippen LogP contribution in [0.5, 0.6) is 11.5 Å². The summed E-state index contributed by atoms with van der Waals surface area (Å²) in [4.78, 5) is 38.9. The number of amides is 1. The lowest BCUT2D eigenvalue weighted by molar-refractivity contribution is -0.142. The van der Waals surface area contributed by atoms with E-state index in [1.807, 2.05) is 50.2 Å². The van der Waals surface area contributed by atoms with Gasteiger partial charge in [-0.1, -0.05) is 24.3 Å². The number of nitrogens with zero attached hydrogens (tertiary/aromatic N) is 2. The third-order valence-electron chi connectivity index (χ3n) is 6.37. The lowest BCUT2D eigenvalue weighted by atomic mass is 10.1. The van der Waals surface area contributed by atoms with Crippen molar-refractivity contribution < 1.29 is 28.6 Å². The number of rotatable bonds is 10. The second kappa shape index (κ2) is 11.1. The highest BCUT2D eigenvalue weighted by Gasteiger charge is 2.26. The summed E-state index contributed by atoms with van der Waals surface area (Å²) in [6.45, 7) is 4.34. The van der Waals surface area contributed by atoms with Crippen molar-refractivity contribution in [2.24, 2.45) is 0 Å². The number of fused-ring (bicyclic) bond motifs is 1. The van der Waals surface area contributed by atoms with Crippen LogP contribution in [-0.4, -0.2) is 49.1 Å². The maximum Gasteiger partial charge on any atom is 0.308 e. The molecule has 1 aliphatic rings. The third-order valence-corrected chi connectivity index (χ3v) is 6.37. The van der Waals surface area contributed by atoms with E-state index in [0.29, 0.717) is 17.0 Å². The fraction of sp³-hybridized carbons (Fsp3) is 0.321. The number of benzene rings is 2. The van der Waals surface area contributed by atoms with Gasteiger partial charge >= 0.3 is 5.97 Å². The highest BCUT2D eigenvalue weighted by Crippen LogP contribution is 2.31. The van der Waals surface area contributed by atoms with Gasteiger partial charge in [-0.3, -0.25) is 14.4 Å². The zero-order chi connectivity index (χ0) is 25.7. The number of methoxy groups -OCH3 is 1. The molecule has 8 nitrogen and oxygen atoms in total. The SMILES string of the molecule is COc1ccc(CCn2c(C)cc(C(=O)COC(=O)CCN3C(=O)COc4ccccc43)c2C)cc1. The first-order valence-electron chi connectivity index (χ1n) is 11.9. The molecule has 8 heteroatoms. The van der Waals surface area contributed by atoms with Crippen molar-refractivity contribution in [2.45, 2.75) is 33.2 Å². The maximum absolute atomic E-state index is 12.8. The Morgan fingerprint density at radius 1 is 1.03 bits per heavy atom. The molecule has 0 aliphatic carbocycles. The van der Waals surface area contributed by atoms with Crippen LogP contribution < -0.4 is 14.4 Å². The molecule has 0 unspecified atom stereocenters. The zero-order valence-electron chi connectivity index (χ0n) is 20.8. The quantitative estimate of drug-likeness (QED) is 0.317. The first-order valence-corrected chi connectivity index (χ1v) is 11.9. The van der Waals surface area contributed by atoms with Gasteiger partial charge in [0.15, 0.2) is 13.2 Å². The molecule has 0 saturated carbocycles. The molecule has 1 aliphatic heterocycles. The van der Waals surface area contributed by atoms with Crippen molar-refractivity contribution >= 4 is 23.3 Å². The second-order valence-electron chi connectivity index (χ2n) is 8.67. The Labute approximate surface area is 210 Å². The average Bonchev–Trinajstić information content (AvgIpc) is 3.18. The van der Waals surface area contributed by atoms with Gasteiger partial charge in [0.05, 0.1) is 19.2 Å². The number of aryl methyl sites for hydroxylation is 2. The molecule has 0 fully saturated rings. The van der Waals surface area contributed by atoms with Gasteiger partial charge in [-0.2, -0.15) is 0 Å². The molecule has 0 radical (unpaired) electrons. The van der Waals surface area contributed by atoms with Crippen LogP contribution in [0.1, 0.15) is 33.7 Å². The van der Waals surface area contributed by atoms with Crippen LogP contribution in [-0.2, 0) is 27.3 Å². The molecule has 0 saturated heterocycles. The maximum atomic E-state index is 12.8. The van der Waals surface area contributed by atoms with Gasteiger partial charge in [-0.15, -0.1) is 0 Å². The largest absolute Gasteiger partial charge is 0.497 e. The van der Waals surface area contributed by atoms with Crippen molar-refractivity contribution in [2.75, 3.05) is 31.8 Å². The smallest absolute Gasteiger partial charge is 0.308 e. The predicted octanol–water partition coefficient (Wildman–Crippen LogP) is 3.90. The third kappa shape index (κ3) is 5.59. The Kier molecular flexibility index (Phi) is 7.73. The van der Waals surface area contributed by atoms with Crippen LogP contribution in [0.3, 0.4) is 0 Å². The average molecular weight is 491 g/mol. The van der Waals surface area contributed by atoms with Gasteiger partial charge in [0, 0.05) is 30.0 Å². The Bertz CT molecular complexity index is 1260. The molecule has 0 bridgehead atoms. The monoisotopic (exact) mass is 490 g/mol. The van der Waals surface area contributed by atoms with Crippen LogP contribution in [0.25, 0.3) is 0 Å². The van der Waals surface area contributed by atoms with Crippen LogP contribution in [0.15, 0.2) is 54.6 Å². The highest BCUT2D eigenvalue weighted by molar-refractivity contribution is 6.00. The number of aromatic nitrogens is 1. The van der Waals surface area contributed by atoms with Gasteiger partial charge in [0.1, 0.15) is 11.5 Å². The minimum atomic E-state index is -0.534. The van der Waals surface area contributed by atoms with Crippen molar-refractivity contribution in [3.05, 3.63) is 77.1 Å². The van der Waals surface area contributed by atoms with Crippen LogP contribution >= 0.6 is 0 Å². The highest BCUT2D eigenvalue weighted by atomic mass is 16.5. The molecule has 1 amide bonds. The summed E-state index contributed by atoms with van der Waals surface area (Å²) in [5.74, 6) is 0.409. The second-order valence-corrected chi connectivity index (χ2v) is 8.67. The Hall–Kier alpha value is -4.07. The molecule has 188 valence electrons. The van der Waals surface area contributed by atoms with Crippen LogP contribution in [0.2, 0.25) is 0 Å². The molecule has 36 heavy (non-hydrogen) atoms. The van der Waals surface area contributed by atoms with Gasteiger partial charge in [-0.25, -0.2) is 0 Å². The van der Waals surface area contributed by atoms with Crippen molar-refractivity contribution in [1.29, 1.82) is 0 Å². The zero-order valence-corrected chi connectivity index (χ0v) is 20.8.